The van der Waals surface area contributed by atoms with Crippen LogP contribution >= 0.6 is 11.6 Å². The van der Waals surface area contributed by atoms with E-state index in [0.717, 1.165) is 16.5 Å². The maximum Gasteiger partial charge on any atom is 1.00 e. The van der Waals surface area contributed by atoms with E-state index in [9.17, 15) is 0 Å². The van der Waals surface area contributed by atoms with Gasteiger partial charge in [0.15, 0.2) is 0 Å². The Balaban J connectivity index is 0.000000230. The molecule has 0 fully saturated rings. The monoisotopic (exact) mass is 658 g/mol. The van der Waals surface area contributed by atoms with E-state index in [1.807, 2.05) is 72.8 Å². The zero-order valence-electron chi connectivity index (χ0n) is 28.9. The second-order valence-electron chi connectivity index (χ2n) is 10.9. The molecule has 1 unspecified atom stereocenters. The number of hydrogen-bond acceptors (Lipinski definition) is 3. The van der Waals surface area contributed by atoms with Gasteiger partial charge in [-0.3, -0.25) is 0 Å². The van der Waals surface area contributed by atoms with Crippen molar-refractivity contribution >= 4 is 25.1 Å². The molecule has 0 N–H and O–H groups in total. The molecule has 242 valence electrons. The van der Waals surface area contributed by atoms with E-state index >= 15 is 0 Å². The molecule has 6 heteroatoms. The van der Waals surface area contributed by atoms with Crippen molar-refractivity contribution in [3.8, 4) is 22.6 Å². The van der Waals surface area contributed by atoms with Crippen LogP contribution in [0.2, 0.25) is 17.1 Å². The van der Waals surface area contributed by atoms with Gasteiger partial charge in [-0.2, -0.15) is 36.4 Å². The summed E-state index contributed by atoms with van der Waals surface area (Å²) in [5, 5.41) is 2.31. The van der Waals surface area contributed by atoms with E-state index < -0.39 is 8.32 Å². The normalized spacial score (nSPS) is 13.4. The third kappa shape index (κ3) is 12.7. The first-order chi connectivity index (χ1) is 22.5. The molecule has 0 saturated heterocycles. The Labute approximate surface area is 301 Å². The van der Waals surface area contributed by atoms with E-state index in [-0.39, 0.29) is 18.9 Å². The smallest absolute Gasteiger partial charge is 0.497 e. The molecule has 0 aromatic heterocycles. The van der Waals surface area contributed by atoms with Crippen molar-refractivity contribution in [2.45, 2.75) is 58.2 Å². The molecule has 0 bridgehead atoms. The predicted molar refractivity (Wildman–Crippen MR) is 198 cm³/mol. The summed E-state index contributed by atoms with van der Waals surface area (Å²) >= 11 is 5.61. The zero-order chi connectivity index (χ0) is 33.0. The predicted octanol–water partition coefficient (Wildman–Crippen LogP) is 8.34. The molecule has 0 amide bonds. The maximum atomic E-state index is 6.56. The van der Waals surface area contributed by atoms with Crippen LogP contribution in [-0.2, 0) is 4.43 Å². The van der Waals surface area contributed by atoms with Crippen LogP contribution in [0.3, 0.4) is 0 Å². The third-order valence-electron chi connectivity index (χ3n) is 7.98. The molecular formula is C41H48ClLiO3Si. The molecule has 1 aliphatic heterocycles. The zero-order valence-corrected chi connectivity index (χ0v) is 30.7. The average molecular weight is 659 g/mol. The standard InChI is InChI=1S/C15H24OSi.C13H12O.C7H7ClO.C6H5.Li/c1-4-7-11-14-13-10-8-9-12-15(13)17(5-2,6-3)16-14;1-14-13-9-7-12(8-10-13)11-5-3-2-4-6-11;1-9-7-4-2-6(8)3-5-7;1-2-4-6-5-3-1;/h8-10,12,14H,4-7,11H2,1-3H3;2-10H,1H3;2-5H,1H3;1-5H;/q;;;-1;+1. The van der Waals surface area contributed by atoms with E-state index in [1.165, 1.54) is 48.0 Å². The summed E-state index contributed by atoms with van der Waals surface area (Å²) in [6, 6.07) is 49.5. The summed E-state index contributed by atoms with van der Waals surface area (Å²) in [4.78, 5) is 0. The summed E-state index contributed by atoms with van der Waals surface area (Å²) in [7, 11) is 1.69. The molecule has 47 heavy (non-hydrogen) atoms. The third-order valence-corrected chi connectivity index (χ3v) is 12.7. The SMILES string of the molecule is CCCCC1O[Si](CC)(CC)c2ccccc21.COc1ccc(-c2ccccc2)cc1.COc1ccc(Cl)cc1.[Li+].[c-]1ccccc1. The van der Waals surface area contributed by atoms with E-state index in [0.29, 0.717) is 6.10 Å². The average Bonchev–Trinajstić information content (AvgIpc) is 3.47. The van der Waals surface area contributed by atoms with Crippen LogP contribution in [0.25, 0.3) is 11.1 Å². The molecule has 6 rings (SSSR count). The van der Waals surface area contributed by atoms with Crippen molar-refractivity contribution in [1.29, 1.82) is 0 Å². The van der Waals surface area contributed by atoms with Crippen LogP contribution < -0.4 is 33.5 Å². The number of methoxy groups -OCH3 is 2. The quantitative estimate of drug-likeness (QED) is 0.124. The minimum absolute atomic E-state index is 0. The molecule has 0 aliphatic carbocycles. The van der Waals surface area contributed by atoms with Crippen molar-refractivity contribution < 1.29 is 32.8 Å². The van der Waals surface area contributed by atoms with Crippen LogP contribution in [0, 0.1) is 6.07 Å². The molecule has 5 aromatic carbocycles. The Bertz CT molecular complexity index is 1470. The molecule has 0 radical (unpaired) electrons. The summed E-state index contributed by atoms with van der Waals surface area (Å²) in [6.45, 7) is 6.86. The Kier molecular flexibility index (Phi) is 19.0. The fourth-order valence-corrected chi connectivity index (χ4v) is 9.13. The maximum absolute atomic E-state index is 6.56. The molecular weight excluding hydrogens is 611 g/mol. The van der Waals surface area contributed by atoms with Crippen LogP contribution in [0.15, 0.2) is 133 Å². The first kappa shape index (κ1) is 39.9. The van der Waals surface area contributed by atoms with Gasteiger partial charge in [0.05, 0.1) is 20.3 Å². The van der Waals surface area contributed by atoms with Crippen molar-refractivity contribution in [2.24, 2.45) is 0 Å². The van der Waals surface area contributed by atoms with Gasteiger partial charge < -0.3 is 13.9 Å². The van der Waals surface area contributed by atoms with Crippen LogP contribution in [0.5, 0.6) is 11.5 Å². The van der Waals surface area contributed by atoms with Gasteiger partial charge in [-0.25, -0.2) is 0 Å². The van der Waals surface area contributed by atoms with Crippen molar-refractivity contribution in [3.63, 3.8) is 0 Å². The largest absolute Gasteiger partial charge is 1.00 e. The minimum atomic E-state index is -1.61. The van der Waals surface area contributed by atoms with Crippen molar-refractivity contribution in [3.05, 3.63) is 150 Å². The molecule has 5 aromatic rings. The van der Waals surface area contributed by atoms with Gasteiger partial charge in [0.1, 0.15) is 11.5 Å². The van der Waals surface area contributed by atoms with Gasteiger partial charge in [0, 0.05) is 5.02 Å². The van der Waals surface area contributed by atoms with Crippen molar-refractivity contribution in [1.82, 2.24) is 0 Å². The Hall–Kier alpha value is -3.24. The Morgan fingerprint density at radius 1 is 0.660 bits per heavy atom. The number of ether oxygens (including phenoxy) is 2. The van der Waals surface area contributed by atoms with Gasteiger partial charge in [-0.15, -0.1) is 0 Å². The van der Waals surface area contributed by atoms with Gasteiger partial charge in [0.2, 0.25) is 8.32 Å². The second kappa shape index (κ2) is 22.4. The van der Waals surface area contributed by atoms with Gasteiger partial charge >= 0.3 is 18.9 Å². The number of hydrogen-bond donors (Lipinski definition) is 0. The Morgan fingerprint density at radius 3 is 1.66 bits per heavy atom. The number of benzene rings is 5. The van der Waals surface area contributed by atoms with Crippen LogP contribution in [-0.4, -0.2) is 22.5 Å². The summed E-state index contributed by atoms with van der Waals surface area (Å²) in [5.41, 5.74) is 3.94. The van der Waals surface area contributed by atoms with Gasteiger partial charge in [-0.05, 0) is 76.8 Å². The fourth-order valence-electron chi connectivity index (χ4n) is 5.32. The molecule has 3 nitrogen and oxygen atoms in total. The van der Waals surface area contributed by atoms with Gasteiger partial charge in [0.25, 0.3) is 0 Å². The second-order valence-corrected chi connectivity index (χ2v) is 15.5. The van der Waals surface area contributed by atoms with E-state index in [2.05, 4.69) is 75.4 Å². The topological polar surface area (TPSA) is 27.7 Å². The molecule has 1 atom stereocenters. The van der Waals surface area contributed by atoms with Crippen molar-refractivity contribution in [2.75, 3.05) is 14.2 Å². The van der Waals surface area contributed by atoms with Crippen LogP contribution in [0.1, 0.15) is 51.7 Å². The summed E-state index contributed by atoms with van der Waals surface area (Å²) in [6.07, 6.45) is 4.12. The van der Waals surface area contributed by atoms with E-state index in [4.69, 9.17) is 25.5 Å². The molecule has 0 saturated carbocycles. The first-order valence-corrected chi connectivity index (χ1v) is 18.9. The summed E-state index contributed by atoms with van der Waals surface area (Å²) in [5.74, 6) is 1.73. The number of halogens is 1. The van der Waals surface area contributed by atoms with Crippen LogP contribution in [0.4, 0.5) is 0 Å². The Morgan fingerprint density at radius 2 is 1.17 bits per heavy atom. The first-order valence-electron chi connectivity index (χ1n) is 16.2. The number of rotatable bonds is 8. The minimum Gasteiger partial charge on any atom is -0.497 e. The molecule has 1 aliphatic rings. The summed E-state index contributed by atoms with van der Waals surface area (Å²) < 4.78 is 16.6. The number of unbranched alkanes of at least 4 members (excludes halogenated alkanes) is 1. The number of fused-ring (bicyclic) bond motifs is 1. The molecule has 0 spiro atoms. The van der Waals surface area contributed by atoms with E-state index in [1.54, 1.807) is 31.5 Å². The molecule has 1 heterocycles. The fraction of sp³-hybridized carbons (Fsp3) is 0.268. The van der Waals surface area contributed by atoms with Gasteiger partial charge in [-0.1, -0.05) is 112 Å².